The van der Waals surface area contributed by atoms with E-state index in [9.17, 15) is 9.59 Å². The summed E-state index contributed by atoms with van der Waals surface area (Å²) < 4.78 is 5.54. The third-order valence-electron chi connectivity index (χ3n) is 9.08. The van der Waals surface area contributed by atoms with Crippen molar-refractivity contribution < 1.29 is 14.3 Å². The minimum Gasteiger partial charge on any atom is -0.462 e. The predicted molar refractivity (Wildman–Crippen MR) is 116 cm³/mol. The molecule has 0 spiro atoms. The van der Waals surface area contributed by atoms with E-state index in [0.29, 0.717) is 17.8 Å². The van der Waals surface area contributed by atoms with Crippen molar-refractivity contribution in [2.75, 3.05) is 0 Å². The van der Waals surface area contributed by atoms with Crippen LogP contribution in [-0.2, 0) is 14.3 Å². The van der Waals surface area contributed by atoms with E-state index >= 15 is 0 Å². The molecule has 4 aliphatic rings. The smallest absolute Gasteiger partial charge is 0.302 e. The molecule has 0 N–H and O–H groups in total. The summed E-state index contributed by atoms with van der Waals surface area (Å²) in [6.45, 7) is 8.00. The molecule has 0 aromatic heterocycles. The van der Waals surface area contributed by atoms with Gasteiger partial charge < -0.3 is 4.74 Å². The van der Waals surface area contributed by atoms with Crippen molar-refractivity contribution in [3.8, 4) is 0 Å². The van der Waals surface area contributed by atoms with Gasteiger partial charge in [-0.25, -0.2) is 4.99 Å². The Morgan fingerprint density at radius 1 is 1.21 bits per heavy atom. The third-order valence-corrected chi connectivity index (χ3v) is 9.18. The highest BCUT2D eigenvalue weighted by Crippen LogP contribution is 2.66. The zero-order valence-corrected chi connectivity index (χ0v) is 18.9. The van der Waals surface area contributed by atoms with E-state index in [0.717, 1.165) is 38.5 Å². The van der Waals surface area contributed by atoms with Gasteiger partial charge >= 0.3 is 5.97 Å². The lowest BCUT2D eigenvalue weighted by Crippen LogP contribution is -2.51. The number of ether oxygens (including phenoxy) is 1. The molecule has 0 amide bonds. The van der Waals surface area contributed by atoms with Crippen LogP contribution in [-0.4, -0.2) is 29.1 Å². The van der Waals surface area contributed by atoms with Crippen molar-refractivity contribution in [1.29, 1.82) is 0 Å². The number of rotatable bonds is 3. The Hall–Kier alpha value is -1.32. The molecule has 4 aliphatic carbocycles. The van der Waals surface area contributed by atoms with Gasteiger partial charge in [0.1, 0.15) is 11.9 Å². The van der Waals surface area contributed by atoms with E-state index in [1.165, 1.54) is 18.9 Å². The van der Waals surface area contributed by atoms with Gasteiger partial charge in [-0.1, -0.05) is 25.5 Å². The molecule has 0 aliphatic heterocycles. The van der Waals surface area contributed by atoms with Gasteiger partial charge in [0.25, 0.3) is 0 Å². The summed E-state index contributed by atoms with van der Waals surface area (Å²) in [5.41, 5.74) is 1.71. The average Bonchev–Trinajstić information content (AvgIpc) is 2.94. The molecule has 29 heavy (non-hydrogen) atoms. The van der Waals surface area contributed by atoms with Gasteiger partial charge in [-0.3, -0.25) is 9.59 Å². The molecule has 8 atom stereocenters. The monoisotopic (exact) mass is 415 g/mol. The Morgan fingerprint density at radius 3 is 2.62 bits per heavy atom. The van der Waals surface area contributed by atoms with Crippen LogP contribution in [0.2, 0.25) is 0 Å². The number of thiocarbonyl (C=S) groups is 1. The maximum Gasteiger partial charge on any atom is 0.302 e. The number of isothiocyanates is 1. The molecule has 6 unspecified atom stereocenters. The summed E-state index contributed by atoms with van der Waals surface area (Å²) in [7, 11) is 0. The van der Waals surface area contributed by atoms with Gasteiger partial charge in [0, 0.05) is 19.3 Å². The summed E-state index contributed by atoms with van der Waals surface area (Å²) in [6, 6.07) is -0.00312. The number of ketones is 1. The number of hydrogen-bond acceptors (Lipinski definition) is 5. The number of fused-ring (bicyclic) bond motifs is 5. The van der Waals surface area contributed by atoms with Crippen LogP contribution < -0.4 is 0 Å². The maximum atomic E-state index is 12.6. The summed E-state index contributed by atoms with van der Waals surface area (Å²) in [6.07, 6.45) is 9.68. The lowest BCUT2D eigenvalue weighted by molar-refractivity contribution is -0.149. The minimum atomic E-state index is -0.173. The van der Waals surface area contributed by atoms with Crippen molar-refractivity contribution in [2.24, 2.45) is 39.5 Å². The molecule has 5 heteroatoms. The maximum absolute atomic E-state index is 12.6. The molecule has 3 fully saturated rings. The topological polar surface area (TPSA) is 55.7 Å². The predicted octanol–water partition coefficient (Wildman–Crippen LogP) is 5.17. The zero-order valence-electron chi connectivity index (χ0n) is 18.1. The molecular formula is C24H33NO3S. The van der Waals surface area contributed by atoms with Crippen LogP contribution in [0.4, 0.5) is 0 Å². The van der Waals surface area contributed by atoms with Crippen molar-refractivity contribution >= 4 is 29.1 Å². The molecule has 4 rings (SSSR count). The second-order valence-corrected chi connectivity index (χ2v) is 10.6. The van der Waals surface area contributed by atoms with Gasteiger partial charge in [0.05, 0.1) is 11.2 Å². The van der Waals surface area contributed by atoms with Gasteiger partial charge in [-0.15, -0.1) is 0 Å². The fourth-order valence-corrected chi connectivity index (χ4v) is 8.04. The third kappa shape index (κ3) is 3.25. The number of carbonyl (C=O) groups is 2. The van der Waals surface area contributed by atoms with Crippen molar-refractivity contribution in [3.63, 3.8) is 0 Å². The largest absolute Gasteiger partial charge is 0.462 e. The first-order chi connectivity index (χ1) is 13.7. The standard InChI is InChI=1S/C24H33NO3S/c1-14(26)22-21(25-13-29)12-20-18-6-5-16-11-17(28-15(2)27)7-9-23(16,3)19(18)8-10-24(20,22)4/h5,17-22H,6-12H2,1-4H3/t17?,18?,19?,20?,21?,22?,23-,24-/m0/s1. The van der Waals surface area contributed by atoms with Gasteiger partial charge in [0.2, 0.25) is 0 Å². The van der Waals surface area contributed by atoms with Crippen LogP contribution >= 0.6 is 12.2 Å². The summed E-state index contributed by atoms with van der Waals surface area (Å²) in [5, 5.41) is 2.57. The fraction of sp³-hybridized carbons (Fsp3) is 0.792. The SMILES string of the molecule is CC(=O)OC1CC[C@@]2(C)C(=CCC3C4CC(N=C=S)C(C(C)=O)[C@@]4(C)CCC32)C1. The number of esters is 1. The van der Waals surface area contributed by atoms with Gasteiger partial charge in [-0.05, 0) is 86.3 Å². The summed E-state index contributed by atoms with van der Waals surface area (Å²) in [5.74, 6) is 1.80. The quantitative estimate of drug-likeness (QED) is 0.276. The molecule has 0 heterocycles. The fourth-order valence-electron chi connectivity index (χ4n) is 7.91. The lowest BCUT2D eigenvalue weighted by Gasteiger charge is -2.57. The lowest BCUT2D eigenvalue weighted by atomic mass is 9.47. The molecule has 0 aromatic carbocycles. The van der Waals surface area contributed by atoms with Gasteiger partial charge in [-0.2, -0.15) is 0 Å². The Bertz CT molecular complexity index is 800. The van der Waals surface area contributed by atoms with E-state index in [4.69, 9.17) is 17.0 Å². The van der Waals surface area contributed by atoms with E-state index in [-0.39, 0.29) is 40.6 Å². The van der Waals surface area contributed by atoms with Crippen LogP contribution in [0.3, 0.4) is 0 Å². The van der Waals surface area contributed by atoms with E-state index < -0.39 is 0 Å². The van der Waals surface area contributed by atoms with Crippen LogP contribution in [0.25, 0.3) is 0 Å². The molecule has 4 nitrogen and oxygen atoms in total. The summed E-state index contributed by atoms with van der Waals surface area (Å²) >= 11 is 4.91. The minimum absolute atomic E-state index is 0.00312. The number of Topliss-reactive ketones (excluding diaryl/α,β-unsaturated/α-hetero) is 1. The number of carbonyl (C=O) groups excluding carboxylic acids is 2. The number of aliphatic imine (C=N–C) groups is 1. The molecule has 0 radical (unpaired) electrons. The molecule has 0 bridgehead atoms. The number of nitrogens with zero attached hydrogens (tertiary/aromatic N) is 1. The Morgan fingerprint density at radius 2 is 1.97 bits per heavy atom. The highest BCUT2D eigenvalue weighted by molar-refractivity contribution is 7.78. The number of allylic oxidation sites excluding steroid dienone is 1. The Kier molecular flexibility index (Phi) is 5.36. The molecule has 0 saturated heterocycles. The van der Waals surface area contributed by atoms with E-state index in [2.05, 4.69) is 30.1 Å². The normalized spacial score (nSPS) is 45.7. The zero-order chi connectivity index (χ0) is 21.0. The first-order valence-corrected chi connectivity index (χ1v) is 11.6. The Labute approximate surface area is 179 Å². The van der Waals surface area contributed by atoms with Crippen LogP contribution in [0.1, 0.15) is 72.6 Å². The van der Waals surface area contributed by atoms with E-state index in [1.54, 1.807) is 6.92 Å². The van der Waals surface area contributed by atoms with Gasteiger partial charge in [0.15, 0.2) is 0 Å². The Balaban J connectivity index is 1.63. The highest BCUT2D eigenvalue weighted by Gasteiger charge is 2.62. The number of hydrogen-bond donors (Lipinski definition) is 0. The van der Waals surface area contributed by atoms with Crippen molar-refractivity contribution in [2.45, 2.75) is 84.8 Å². The van der Waals surface area contributed by atoms with Crippen molar-refractivity contribution in [1.82, 2.24) is 0 Å². The second-order valence-electron chi connectivity index (χ2n) is 10.4. The first kappa shape index (κ1) is 20.9. The van der Waals surface area contributed by atoms with Crippen LogP contribution in [0, 0.1) is 34.5 Å². The van der Waals surface area contributed by atoms with Crippen LogP contribution in [0.15, 0.2) is 16.6 Å². The van der Waals surface area contributed by atoms with Crippen LogP contribution in [0.5, 0.6) is 0 Å². The molecule has 3 saturated carbocycles. The second kappa shape index (κ2) is 7.42. The molecule has 0 aromatic rings. The molecule has 158 valence electrons. The first-order valence-electron chi connectivity index (χ1n) is 11.1. The average molecular weight is 416 g/mol. The van der Waals surface area contributed by atoms with Crippen molar-refractivity contribution in [3.05, 3.63) is 11.6 Å². The molecular weight excluding hydrogens is 382 g/mol. The van der Waals surface area contributed by atoms with E-state index in [1.807, 2.05) is 0 Å². The summed E-state index contributed by atoms with van der Waals surface area (Å²) in [4.78, 5) is 28.5. The highest BCUT2D eigenvalue weighted by atomic mass is 32.1.